The molecule has 0 saturated heterocycles. The smallest absolute Gasteiger partial charge is 0.328 e. The third-order valence-corrected chi connectivity index (χ3v) is 3.88. The number of rotatable bonds is 5. The second-order valence-corrected chi connectivity index (χ2v) is 5.40. The van der Waals surface area contributed by atoms with E-state index in [0.29, 0.717) is 10.4 Å². The van der Waals surface area contributed by atoms with E-state index >= 15 is 0 Å². The summed E-state index contributed by atoms with van der Waals surface area (Å²) in [5.74, 6) is -1.24. The molecule has 0 spiro atoms. The fraction of sp³-hybridized carbons (Fsp3) is 0.125. The van der Waals surface area contributed by atoms with Gasteiger partial charge in [0.05, 0.1) is 10.9 Å². The van der Waals surface area contributed by atoms with Crippen molar-refractivity contribution in [1.82, 2.24) is 5.32 Å². The molecule has 0 aliphatic rings. The first-order valence-corrected chi connectivity index (χ1v) is 7.30. The molecule has 2 rings (SSSR count). The van der Waals surface area contributed by atoms with Crippen molar-refractivity contribution in [3.8, 4) is 0 Å². The number of carboxylic acids is 1. The predicted octanol–water partition coefficient (Wildman–Crippen LogP) is 3.34. The summed E-state index contributed by atoms with van der Waals surface area (Å²) in [7, 11) is 0. The normalized spacial score (nSPS) is 12.2. The third kappa shape index (κ3) is 4.03. The summed E-state index contributed by atoms with van der Waals surface area (Å²) in [6.45, 7) is 1.91. The lowest BCUT2D eigenvalue weighted by Gasteiger charge is -2.13. The Morgan fingerprint density at radius 2 is 1.95 bits per heavy atom. The molecule has 0 saturated carbocycles. The number of nitrogens with one attached hydrogen (secondary N) is 1. The zero-order valence-electron chi connectivity index (χ0n) is 11.4. The van der Waals surface area contributed by atoms with Crippen molar-refractivity contribution >= 4 is 29.3 Å². The Kier molecular flexibility index (Phi) is 4.90. The molecule has 0 aliphatic carbocycles. The van der Waals surface area contributed by atoms with Crippen LogP contribution in [0.15, 0.2) is 47.9 Å². The van der Waals surface area contributed by atoms with Crippen LogP contribution in [0, 0.1) is 0 Å². The molecule has 1 heterocycles. The Morgan fingerprint density at radius 1 is 1.24 bits per heavy atom. The van der Waals surface area contributed by atoms with Crippen molar-refractivity contribution in [2.24, 2.45) is 0 Å². The maximum atomic E-state index is 12.3. The molecular formula is C16H15NO3S. The maximum absolute atomic E-state index is 12.3. The van der Waals surface area contributed by atoms with Crippen LogP contribution in [0.3, 0.4) is 0 Å². The van der Waals surface area contributed by atoms with Crippen LogP contribution in [0.4, 0.5) is 0 Å². The Morgan fingerprint density at radius 3 is 2.62 bits per heavy atom. The summed E-state index contributed by atoms with van der Waals surface area (Å²) in [6, 6.07) is 11.3. The van der Waals surface area contributed by atoms with Crippen LogP contribution < -0.4 is 5.32 Å². The van der Waals surface area contributed by atoms with E-state index < -0.39 is 5.97 Å². The van der Waals surface area contributed by atoms with Gasteiger partial charge in [0, 0.05) is 6.08 Å². The predicted molar refractivity (Wildman–Crippen MR) is 83.3 cm³/mol. The van der Waals surface area contributed by atoms with Crippen molar-refractivity contribution < 1.29 is 14.7 Å². The second kappa shape index (κ2) is 6.85. The molecule has 21 heavy (non-hydrogen) atoms. The largest absolute Gasteiger partial charge is 0.478 e. The van der Waals surface area contributed by atoms with E-state index in [0.717, 1.165) is 11.6 Å². The molecule has 1 atom stereocenters. The van der Waals surface area contributed by atoms with Gasteiger partial charge in [0.2, 0.25) is 0 Å². The quantitative estimate of drug-likeness (QED) is 0.832. The molecule has 0 radical (unpaired) electrons. The average Bonchev–Trinajstić information content (AvgIpc) is 2.94. The highest BCUT2D eigenvalue weighted by Crippen LogP contribution is 2.20. The van der Waals surface area contributed by atoms with Crippen molar-refractivity contribution in [3.63, 3.8) is 0 Å². The van der Waals surface area contributed by atoms with Gasteiger partial charge >= 0.3 is 5.97 Å². The van der Waals surface area contributed by atoms with Gasteiger partial charge in [0.15, 0.2) is 0 Å². The molecule has 108 valence electrons. The number of benzene rings is 1. The fourth-order valence-corrected chi connectivity index (χ4v) is 2.67. The minimum Gasteiger partial charge on any atom is -0.478 e. The molecule has 5 heteroatoms. The van der Waals surface area contributed by atoms with E-state index in [-0.39, 0.29) is 11.9 Å². The SMILES string of the molecule is CC(NC(=O)c1sccc1C=CC(=O)O)c1ccccc1. The molecule has 0 aliphatic heterocycles. The summed E-state index contributed by atoms with van der Waals surface area (Å²) >= 11 is 1.29. The van der Waals surface area contributed by atoms with E-state index in [2.05, 4.69) is 5.32 Å². The van der Waals surface area contributed by atoms with Gasteiger partial charge in [-0.25, -0.2) is 4.79 Å². The van der Waals surface area contributed by atoms with Gasteiger partial charge in [0.25, 0.3) is 5.91 Å². The van der Waals surface area contributed by atoms with Crippen molar-refractivity contribution in [2.75, 3.05) is 0 Å². The number of aliphatic carboxylic acids is 1. The molecule has 1 unspecified atom stereocenters. The standard InChI is InChI=1S/C16H15NO3S/c1-11(12-5-3-2-4-6-12)17-16(20)15-13(9-10-21-15)7-8-14(18)19/h2-11H,1H3,(H,17,20)(H,18,19). The minimum absolute atomic E-state index is 0.114. The van der Waals surface area contributed by atoms with Crippen molar-refractivity contribution in [3.05, 3.63) is 63.9 Å². The third-order valence-electron chi connectivity index (χ3n) is 2.95. The highest BCUT2D eigenvalue weighted by molar-refractivity contribution is 7.12. The molecule has 2 aromatic rings. The van der Waals surface area contributed by atoms with E-state index in [1.165, 1.54) is 17.4 Å². The zero-order valence-corrected chi connectivity index (χ0v) is 12.3. The molecule has 0 fully saturated rings. The maximum Gasteiger partial charge on any atom is 0.328 e. The summed E-state index contributed by atoms with van der Waals surface area (Å²) in [4.78, 5) is 23.3. The number of carbonyl (C=O) groups is 2. The molecule has 1 aromatic carbocycles. The zero-order chi connectivity index (χ0) is 15.2. The summed E-state index contributed by atoms with van der Waals surface area (Å²) < 4.78 is 0. The number of carboxylic acid groups (broad SMARTS) is 1. The van der Waals surface area contributed by atoms with Crippen LogP contribution in [-0.2, 0) is 4.79 Å². The van der Waals surface area contributed by atoms with E-state index in [1.807, 2.05) is 37.3 Å². The number of hydrogen-bond acceptors (Lipinski definition) is 3. The van der Waals surface area contributed by atoms with E-state index in [9.17, 15) is 9.59 Å². The summed E-state index contributed by atoms with van der Waals surface area (Å²) in [5.41, 5.74) is 1.63. The molecule has 4 nitrogen and oxygen atoms in total. The first-order chi connectivity index (χ1) is 10.1. The highest BCUT2D eigenvalue weighted by atomic mass is 32.1. The van der Waals surface area contributed by atoms with Crippen LogP contribution in [0.5, 0.6) is 0 Å². The number of thiophene rings is 1. The van der Waals surface area contributed by atoms with E-state index in [4.69, 9.17) is 5.11 Å². The number of carbonyl (C=O) groups excluding carboxylic acids is 1. The Balaban J connectivity index is 2.11. The number of hydrogen-bond donors (Lipinski definition) is 2. The van der Waals surface area contributed by atoms with Gasteiger partial charge < -0.3 is 10.4 Å². The average molecular weight is 301 g/mol. The molecule has 1 aromatic heterocycles. The lowest BCUT2D eigenvalue weighted by atomic mass is 10.1. The van der Waals surface area contributed by atoms with E-state index in [1.54, 1.807) is 11.4 Å². The molecule has 0 bridgehead atoms. The molecular weight excluding hydrogens is 286 g/mol. The lowest BCUT2D eigenvalue weighted by Crippen LogP contribution is -2.26. The van der Waals surface area contributed by atoms with Gasteiger partial charge in [-0.05, 0) is 35.6 Å². The van der Waals surface area contributed by atoms with Crippen molar-refractivity contribution in [2.45, 2.75) is 13.0 Å². The fourth-order valence-electron chi connectivity index (χ4n) is 1.88. The first-order valence-electron chi connectivity index (χ1n) is 6.42. The van der Waals surface area contributed by atoms with Crippen LogP contribution in [-0.4, -0.2) is 17.0 Å². The highest BCUT2D eigenvalue weighted by Gasteiger charge is 2.15. The van der Waals surface area contributed by atoms with Crippen LogP contribution >= 0.6 is 11.3 Å². The Bertz CT molecular complexity index is 661. The lowest BCUT2D eigenvalue weighted by molar-refractivity contribution is -0.131. The monoisotopic (exact) mass is 301 g/mol. The number of amides is 1. The van der Waals surface area contributed by atoms with Crippen molar-refractivity contribution in [1.29, 1.82) is 0 Å². The van der Waals surface area contributed by atoms with Crippen LogP contribution in [0.1, 0.15) is 33.8 Å². The van der Waals surface area contributed by atoms with Crippen LogP contribution in [0.2, 0.25) is 0 Å². The Hall–Kier alpha value is -2.40. The molecule has 2 N–H and O–H groups in total. The first kappa shape index (κ1) is 15.0. The summed E-state index contributed by atoms with van der Waals surface area (Å²) in [6.07, 6.45) is 2.46. The topological polar surface area (TPSA) is 66.4 Å². The van der Waals surface area contributed by atoms with Gasteiger partial charge in [-0.15, -0.1) is 11.3 Å². The summed E-state index contributed by atoms with van der Waals surface area (Å²) in [5, 5.41) is 13.3. The van der Waals surface area contributed by atoms with Gasteiger partial charge in [-0.1, -0.05) is 30.3 Å². The van der Waals surface area contributed by atoms with Crippen LogP contribution in [0.25, 0.3) is 6.08 Å². The van der Waals surface area contributed by atoms with Gasteiger partial charge in [-0.2, -0.15) is 0 Å². The Labute approximate surface area is 126 Å². The van der Waals surface area contributed by atoms with Gasteiger partial charge in [0.1, 0.15) is 0 Å². The van der Waals surface area contributed by atoms with Gasteiger partial charge in [-0.3, -0.25) is 4.79 Å². The minimum atomic E-state index is -1.04. The second-order valence-electron chi connectivity index (χ2n) is 4.48. The molecule has 1 amide bonds.